The first kappa shape index (κ1) is 11.9. The van der Waals surface area contributed by atoms with Crippen molar-refractivity contribution in [3.63, 3.8) is 0 Å². The lowest BCUT2D eigenvalue weighted by atomic mass is 10.2. The number of carbonyl (C=O) groups excluding carboxylic acids is 1. The summed E-state index contributed by atoms with van der Waals surface area (Å²) in [5.41, 5.74) is 0.947. The molecule has 96 valence electrons. The van der Waals surface area contributed by atoms with Crippen molar-refractivity contribution in [3.05, 3.63) is 23.8 Å². The van der Waals surface area contributed by atoms with Crippen molar-refractivity contribution in [2.45, 2.75) is 17.3 Å². The normalized spacial score (nSPS) is 22.7. The molecule has 1 atom stereocenters. The van der Waals surface area contributed by atoms with Gasteiger partial charge in [-0.2, -0.15) is 0 Å². The highest BCUT2D eigenvalue weighted by atomic mass is 35.5. The van der Waals surface area contributed by atoms with Gasteiger partial charge in [0.2, 0.25) is 12.7 Å². The quantitative estimate of drug-likeness (QED) is 0.868. The molecule has 0 radical (unpaired) electrons. The number of ether oxygens (including phenoxy) is 2. The van der Waals surface area contributed by atoms with Gasteiger partial charge in [0.1, 0.15) is 4.33 Å². The summed E-state index contributed by atoms with van der Waals surface area (Å²) in [7, 11) is 0. The van der Waals surface area contributed by atoms with Crippen LogP contribution in [0, 0.1) is 5.92 Å². The van der Waals surface area contributed by atoms with Crippen LogP contribution in [0.3, 0.4) is 0 Å². The van der Waals surface area contributed by atoms with Crippen molar-refractivity contribution in [2.75, 3.05) is 6.79 Å². The third-order valence-corrected chi connectivity index (χ3v) is 3.88. The first-order valence-corrected chi connectivity index (χ1v) is 6.36. The van der Waals surface area contributed by atoms with Gasteiger partial charge in [-0.25, -0.2) is 0 Å². The highest BCUT2D eigenvalue weighted by Crippen LogP contribution is 2.53. The van der Waals surface area contributed by atoms with E-state index in [2.05, 4.69) is 5.32 Å². The predicted molar refractivity (Wildman–Crippen MR) is 67.0 cm³/mol. The molecule has 1 fully saturated rings. The molecule has 1 aromatic carbocycles. The number of hydrogen-bond donors (Lipinski definition) is 1. The Balaban J connectivity index is 1.59. The molecule has 0 saturated heterocycles. The molecule has 6 heteroatoms. The molecule has 1 saturated carbocycles. The van der Waals surface area contributed by atoms with Gasteiger partial charge >= 0.3 is 0 Å². The Kier molecular flexibility index (Phi) is 2.79. The van der Waals surface area contributed by atoms with E-state index >= 15 is 0 Å². The van der Waals surface area contributed by atoms with Gasteiger partial charge in [0.05, 0.1) is 5.92 Å². The molecular weight excluding hydrogens is 277 g/mol. The second-order valence-electron chi connectivity index (χ2n) is 4.42. The maximum absolute atomic E-state index is 11.7. The molecule has 0 bridgehead atoms. The lowest BCUT2D eigenvalue weighted by Gasteiger charge is -2.06. The number of carbonyl (C=O) groups is 1. The first-order chi connectivity index (χ1) is 8.56. The molecule has 4 nitrogen and oxygen atoms in total. The molecule has 1 amide bonds. The monoisotopic (exact) mass is 287 g/mol. The lowest BCUT2D eigenvalue weighted by molar-refractivity contribution is -0.122. The molecule has 1 aliphatic heterocycles. The van der Waals surface area contributed by atoms with Crippen LogP contribution in [0.1, 0.15) is 12.0 Å². The summed E-state index contributed by atoms with van der Waals surface area (Å²) in [6, 6.07) is 5.56. The zero-order chi connectivity index (χ0) is 12.8. The highest BCUT2D eigenvalue weighted by molar-refractivity contribution is 6.52. The smallest absolute Gasteiger partial charge is 0.231 e. The van der Waals surface area contributed by atoms with Crippen LogP contribution in [0.2, 0.25) is 0 Å². The van der Waals surface area contributed by atoms with Crippen LogP contribution in [0.4, 0.5) is 0 Å². The molecule has 2 aliphatic rings. The van der Waals surface area contributed by atoms with Gasteiger partial charge in [0.25, 0.3) is 0 Å². The lowest BCUT2D eigenvalue weighted by Crippen LogP contribution is -2.26. The fourth-order valence-corrected chi connectivity index (χ4v) is 2.37. The van der Waals surface area contributed by atoms with Crippen molar-refractivity contribution in [3.8, 4) is 11.5 Å². The Morgan fingerprint density at radius 3 is 2.83 bits per heavy atom. The number of halogens is 2. The fraction of sp³-hybridized carbons (Fsp3) is 0.417. The topological polar surface area (TPSA) is 47.6 Å². The molecule has 0 unspecified atom stereocenters. The van der Waals surface area contributed by atoms with Crippen LogP contribution in [-0.2, 0) is 11.3 Å². The van der Waals surface area contributed by atoms with Crippen LogP contribution in [0.25, 0.3) is 0 Å². The van der Waals surface area contributed by atoms with Crippen LogP contribution in [0.5, 0.6) is 11.5 Å². The molecule has 1 N–H and O–H groups in total. The number of hydrogen-bond acceptors (Lipinski definition) is 3. The van der Waals surface area contributed by atoms with Crippen molar-refractivity contribution in [1.82, 2.24) is 5.32 Å². The molecule has 1 aliphatic carbocycles. The van der Waals surface area contributed by atoms with Gasteiger partial charge < -0.3 is 14.8 Å². The first-order valence-electron chi connectivity index (χ1n) is 5.60. The minimum absolute atomic E-state index is 0.113. The highest BCUT2D eigenvalue weighted by Gasteiger charge is 2.56. The van der Waals surface area contributed by atoms with Crippen LogP contribution in [0.15, 0.2) is 18.2 Å². The third kappa shape index (κ3) is 2.22. The standard InChI is InChI=1S/C12H11Cl2NO3/c13-12(14)4-8(12)11(16)15-5-7-1-2-9-10(3-7)18-6-17-9/h1-3,8H,4-6H2,(H,15,16)/t8-/m1/s1. The molecule has 1 aromatic rings. The van der Waals surface area contributed by atoms with Crippen LogP contribution < -0.4 is 14.8 Å². The maximum atomic E-state index is 11.7. The SMILES string of the molecule is O=C(NCc1ccc2c(c1)OCO2)[C@H]1CC1(Cl)Cl. The maximum Gasteiger partial charge on any atom is 0.231 e. The van der Waals surface area contributed by atoms with E-state index in [1.54, 1.807) is 0 Å². The van der Waals surface area contributed by atoms with Crippen molar-refractivity contribution in [1.29, 1.82) is 0 Å². The van der Waals surface area contributed by atoms with E-state index in [1.165, 1.54) is 0 Å². The van der Waals surface area contributed by atoms with Gasteiger partial charge in [-0.05, 0) is 24.1 Å². The van der Waals surface area contributed by atoms with E-state index in [1.807, 2.05) is 18.2 Å². The second kappa shape index (κ2) is 4.21. The number of amides is 1. The Hall–Kier alpha value is -1.13. The zero-order valence-corrected chi connectivity index (χ0v) is 10.9. The summed E-state index contributed by atoms with van der Waals surface area (Å²) in [6.45, 7) is 0.671. The van der Waals surface area contributed by atoms with Crippen molar-refractivity contribution in [2.24, 2.45) is 5.92 Å². The van der Waals surface area contributed by atoms with Crippen LogP contribution >= 0.6 is 23.2 Å². The Morgan fingerprint density at radius 1 is 1.39 bits per heavy atom. The summed E-state index contributed by atoms with van der Waals surface area (Å²) in [5, 5.41) is 2.80. The number of rotatable bonds is 3. The summed E-state index contributed by atoms with van der Waals surface area (Å²) >= 11 is 11.7. The van der Waals surface area contributed by atoms with E-state index in [9.17, 15) is 4.79 Å². The predicted octanol–water partition coefficient (Wildman–Crippen LogP) is 2.23. The Bertz CT molecular complexity index is 504. The average molecular weight is 288 g/mol. The molecule has 0 aromatic heterocycles. The van der Waals surface area contributed by atoms with Gasteiger partial charge in [-0.3, -0.25) is 4.79 Å². The zero-order valence-electron chi connectivity index (χ0n) is 9.41. The van der Waals surface area contributed by atoms with Gasteiger partial charge in [-0.1, -0.05) is 6.07 Å². The molecule has 18 heavy (non-hydrogen) atoms. The number of nitrogens with one attached hydrogen (secondary N) is 1. The minimum atomic E-state index is -0.876. The van der Waals surface area contributed by atoms with Crippen molar-refractivity contribution >= 4 is 29.1 Å². The molecule has 0 spiro atoms. The summed E-state index contributed by atoms with van der Waals surface area (Å²) in [4.78, 5) is 11.7. The Morgan fingerprint density at radius 2 is 2.11 bits per heavy atom. The molecular formula is C12H11Cl2NO3. The minimum Gasteiger partial charge on any atom is -0.454 e. The number of benzene rings is 1. The second-order valence-corrected chi connectivity index (χ2v) is 5.97. The van der Waals surface area contributed by atoms with E-state index in [0.29, 0.717) is 18.7 Å². The van der Waals surface area contributed by atoms with E-state index in [-0.39, 0.29) is 18.6 Å². The molecule has 3 rings (SSSR count). The fourth-order valence-electron chi connectivity index (χ4n) is 1.86. The number of fused-ring (bicyclic) bond motifs is 1. The molecule has 1 heterocycles. The van der Waals surface area contributed by atoms with E-state index < -0.39 is 4.33 Å². The van der Waals surface area contributed by atoms with Crippen molar-refractivity contribution < 1.29 is 14.3 Å². The van der Waals surface area contributed by atoms with Crippen LogP contribution in [-0.4, -0.2) is 17.0 Å². The summed E-state index contributed by atoms with van der Waals surface area (Å²) < 4.78 is 9.60. The van der Waals surface area contributed by atoms with E-state index in [0.717, 1.165) is 11.3 Å². The van der Waals surface area contributed by atoms with Gasteiger partial charge in [0.15, 0.2) is 11.5 Å². The van der Waals surface area contributed by atoms with E-state index in [4.69, 9.17) is 32.7 Å². The summed E-state index contributed by atoms with van der Waals surface area (Å²) in [5.74, 6) is 1.03. The third-order valence-electron chi connectivity index (χ3n) is 3.05. The number of alkyl halides is 2. The van der Waals surface area contributed by atoms with Gasteiger partial charge in [0, 0.05) is 6.54 Å². The largest absolute Gasteiger partial charge is 0.454 e. The van der Waals surface area contributed by atoms with Gasteiger partial charge in [-0.15, -0.1) is 23.2 Å². The average Bonchev–Trinajstić information content (AvgIpc) is 2.77. The summed E-state index contributed by atoms with van der Waals surface area (Å²) in [6.07, 6.45) is 0.517. The Labute approximate surface area is 114 Å².